The topological polar surface area (TPSA) is 91.4 Å². The summed E-state index contributed by atoms with van der Waals surface area (Å²) in [6, 6.07) is 1.21. The minimum atomic E-state index is -0.560. The summed E-state index contributed by atoms with van der Waals surface area (Å²) < 4.78 is 11.5. The minimum Gasteiger partial charge on any atom is -0.481 e. The van der Waals surface area contributed by atoms with Crippen molar-refractivity contribution in [1.82, 2.24) is 15.1 Å². The van der Waals surface area contributed by atoms with E-state index in [0.717, 1.165) is 5.69 Å². The molecule has 3 N–H and O–H groups in total. The van der Waals surface area contributed by atoms with Gasteiger partial charge in [-0.25, -0.2) is 4.68 Å². The van der Waals surface area contributed by atoms with Crippen LogP contribution in [0.3, 0.4) is 0 Å². The largest absolute Gasteiger partial charge is 0.481 e. The van der Waals surface area contributed by atoms with Crippen molar-refractivity contribution in [3.8, 4) is 5.88 Å². The van der Waals surface area contributed by atoms with E-state index >= 15 is 0 Å². The zero-order chi connectivity index (χ0) is 13.5. The molecule has 0 saturated carbocycles. The monoisotopic (exact) mass is 256 g/mol. The molecule has 0 aliphatic carbocycles. The van der Waals surface area contributed by atoms with E-state index in [0.29, 0.717) is 25.5 Å². The first-order chi connectivity index (χ1) is 8.58. The summed E-state index contributed by atoms with van der Waals surface area (Å²) in [7, 11) is 4.92. The first-order valence-electron chi connectivity index (χ1n) is 5.67. The van der Waals surface area contributed by atoms with Crippen molar-refractivity contribution < 1.29 is 14.3 Å². The zero-order valence-electron chi connectivity index (χ0n) is 11.0. The SMILES string of the molecule is COCCC(N)C(=O)NCc1cc(OC)n(C)n1. The predicted molar refractivity (Wildman–Crippen MR) is 66.1 cm³/mol. The Hall–Kier alpha value is -1.60. The Balaban J connectivity index is 2.41. The van der Waals surface area contributed by atoms with Gasteiger partial charge in [0.05, 0.1) is 25.4 Å². The van der Waals surface area contributed by atoms with E-state index in [1.54, 1.807) is 32.0 Å². The molecule has 7 heteroatoms. The van der Waals surface area contributed by atoms with Crippen LogP contribution in [0.1, 0.15) is 12.1 Å². The van der Waals surface area contributed by atoms with Gasteiger partial charge in [-0.3, -0.25) is 4.79 Å². The Morgan fingerprint density at radius 3 is 2.89 bits per heavy atom. The molecule has 0 aromatic carbocycles. The lowest BCUT2D eigenvalue weighted by atomic mass is 10.2. The molecular weight excluding hydrogens is 236 g/mol. The minimum absolute atomic E-state index is 0.211. The van der Waals surface area contributed by atoms with Crippen LogP contribution in [-0.2, 0) is 23.1 Å². The maximum absolute atomic E-state index is 11.6. The van der Waals surface area contributed by atoms with Gasteiger partial charge in [-0.2, -0.15) is 5.10 Å². The standard InChI is InChI=1S/C11H20N4O3/c1-15-10(18-3)6-8(14-15)7-13-11(16)9(12)4-5-17-2/h6,9H,4-5,7,12H2,1-3H3,(H,13,16). The lowest BCUT2D eigenvalue weighted by molar-refractivity contribution is -0.122. The van der Waals surface area contributed by atoms with Gasteiger partial charge in [0.25, 0.3) is 0 Å². The number of amides is 1. The van der Waals surface area contributed by atoms with Crippen LogP contribution < -0.4 is 15.8 Å². The molecule has 1 amide bonds. The van der Waals surface area contributed by atoms with E-state index in [-0.39, 0.29) is 5.91 Å². The fourth-order valence-electron chi connectivity index (χ4n) is 1.47. The summed E-state index contributed by atoms with van der Waals surface area (Å²) in [5.74, 6) is 0.430. The van der Waals surface area contributed by atoms with Crippen molar-refractivity contribution >= 4 is 5.91 Å². The zero-order valence-corrected chi connectivity index (χ0v) is 11.0. The third-order valence-corrected chi connectivity index (χ3v) is 2.51. The van der Waals surface area contributed by atoms with Crippen LogP contribution in [0.5, 0.6) is 5.88 Å². The van der Waals surface area contributed by atoms with E-state index in [4.69, 9.17) is 15.2 Å². The highest BCUT2D eigenvalue weighted by molar-refractivity contribution is 5.81. The molecule has 0 radical (unpaired) electrons. The molecule has 1 aromatic heterocycles. The average molecular weight is 256 g/mol. The molecule has 0 fully saturated rings. The second kappa shape index (κ2) is 6.97. The molecule has 1 rings (SSSR count). The van der Waals surface area contributed by atoms with E-state index in [1.165, 1.54) is 0 Å². The van der Waals surface area contributed by atoms with Crippen LogP contribution in [0, 0.1) is 0 Å². The second-order valence-electron chi connectivity index (χ2n) is 3.91. The first kappa shape index (κ1) is 14.5. The van der Waals surface area contributed by atoms with Gasteiger partial charge in [0.1, 0.15) is 0 Å². The number of nitrogens with one attached hydrogen (secondary N) is 1. The van der Waals surface area contributed by atoms with Crippen LogP contribution in [0.25, 0.3) is 0 Å². The number of carbonyl (C=O) groups is 1. The Morgan fingerprint density at radius 1 is 1.61 bits per heavy atom. The Bertz CT molecular complexity index is 392. The van der Waals surface area contributed by atoms with Crippen LogP contribution in [0.2, 0.25) is 0 Å². The normalized spacial score (nSPS) is 12.2. The molecule has 1 heterocycles. The van der Waals surface area contributed by atoms with E-state index in [1.807, 2.05) is 0 Å². The number of ether oxygens (including phenoxy) is 2. The van der Waals surface area contributed by atoms with Gasteiger partial charge in [-0.15, -0.1) is 0 Å². The fraction of sp³-hybridized carbons (Fsp3) is 0.636. The lowest BCUT2D eigenvalue weighted by Gasteiger charge is -2.10. The van der Waals surface area contributed by atoms with Gasteiger partial charge >= 0.3 is 0 Å². The van der Waals surface area contributed by atoms with Crippen molar-refractivity contribution in [3.63, 3.8) is 0 Å². The van der Waals surface area contributed by atoms with Crippen molar-refractivity contribution in [3.05, 3.63) is 11.8 Å². The maximum atomic E-state index is 11.6. The molecule has 0 bridgehead atoms. The first-order valence-corrected chi connectivity index (χ1v) is 5.67. The molecule has 1 atom stereocenters. The van der Waals surface area contributed by atoms with Gasteiger partial charge in [0.15, 0.2) is 0 Å². The molecule has 7 nitrogen and oxygen atoms in total. The van der Waals surface area contributed by atoms with Crippen molar-refractivity contribution in [2.75, 3.05) is 20.8 Å². The highest BCUT2D eigenvalue weighted by Gasteiger charge is 2.13. The van der Waals surface area contributed by atoms with Crippen LogP contribution in [-0.4, -0.2) is 42.6 Å². The molecular formula is C11H20N4O3. The van der Waals surface area contributed by atoms with Gasteiger partial charge < -0.3 is 20.5 Å². The highest BCUT2D eigenvalue weighted by atomic mass is 16.5. The molecule has 0 aliphatic rings. The lowest BCUT2D eigenvalue weighted by Crippen LogP contribution is -2.40. The van der Waals surface area contributed by atoms with Gasteiger partial charge in [0, 0.05) is 26.8 Å². The number of carbonyl (C=O) groups excluding carboxylic acids is 1. The number of rotatable bonds is 7. The molecule has 18 heavy (non-hydrogen) atoms. The highest BCUT2D eigenvalue weighted by Crippen LogP contribution is 2.10. The molecule has 1 aromatic rings. The average Bonchev–Trinajstić information content (AvgIpc) is 2.73. The summed E-state index contributed by atoms with van der Waals surface area (Å²) in [6.07, 6.45) is 0.494. The Labute approximate surface area is 106 Å². The van der Waals surface area contributed by atoms with Crippen LogP contribution in [0.4, 0.5) is 0 Å². The van der Waals surface area contributed by atoms with Gasteiger partial charge in [-0.1, -0.05) is 0 Å². The third-order valence-electron chi connectivity index (χ3n) is 2.51. The molecule has 0 aliphatic heterocycles. The molecule has 102 valence electrons. The van der Waals surface area contributed by atoms with E-state index in [2.05, 4.69) is 10.4 Å². The number of hydrogen-bond acceptors (Lipinski definition) is 5. The molecule has 0 saturated heterocycles. The number of aryl methyl sites for hydroxylation is 1. The van der Waals surface area contributed by atoms with Crippen LogP contribution >= 0.6 is 0 Å². The summed E-state index contributed by atoms with van der Waals surface area (Å²) in [5, 5.41) is 6.91. The fourth-order valence-corrected chi connectivity index (χ4v) is 1.47. The van der Waals surface area contributed by atoms with Crippen LogP contribution in [0.15, 0.2) is 6.07 Å². The van der Waals surface area contributed by atoms with Crippen molar-refractivity contribution in [2.45, 2.75) is 19.0 Å². The van der Waals surface area contributed by atoms with E-state index < -0.39 is 6.04 Å². The number of nitrogens with two attached hydrogens (primary N) is 1. The Morgan fingerprint density at radius 2 is 2.33 bits per heavy atom. The van der Waals surface area contributed by atoms with Crippen molar-refractivity contribution in [2.24, 2.45) is 12.8 Å². The van der Waals surface area contributed by atoms with E-state index in [9.17, 15) is 4.79 Å². The summed E-state index contributed by atoms with van der Waals surface area (Å²) >= 11 is 0. The number of nitrogens with zero attached hydrogens (tertiary/aromatic N) is 2. The summed E-state index contributed by atoms with van der Waals surface area (Å²) in [5.41, 5.74) is 6.41. The number of methoxy groups -OCH3 is 2. The summed E-state index contributed by atoms with van der Waals surface area (Å²) in [4.78, 5) is 11.6. The predicted octanol–water partition coefficient (Wildman–Crippen LogP) is -0.591. The quantitative estimate of drug-likeness (QED) is 0.680. The third kappa shape index (κ3) is 4.01. The number of aromatic nitrogens is 2. The Kier molecular flexibility index (Phi) is 5.60. The second-order valence-corrected chi connectivity index (χ2v) is 3.91. The molecule has 1 unspecified atom stereocenters. The van der Waals surface area contributed by atoms with Gasteiger partial charge in [-0.05, 0) is 6.42 Å². The van der Waals surface area contributed by atoms with Crippen molar-refractivity contribution in [1.29, 1.82) is 0 Å². The smallest absolute Gasteiger partial charge is 0.237 e. The van der Waals surface area contributed by atoms with Gasteiger partial charge in [0.2, 0.25) is 11.8 Å². The summed E-state index contributed by atoms with van der Waals surface area (Å²) in [6.45, 7) is 0.794. The molecule has 0 spiro atoms. The number of hydrogen-bond donors (Lipinski definition) is 2. The maximum Gasteiger partial charge on any atom is 0.237 e.